The lowest BCUT2D eigenvalue weighted by atomic mass is 10.1. The van der Waals surface area contributed by atoms with Crippen molar-refractivity contribution in [1.29, 1.82) is 0 Å². The van der Waals surface area contributed by atoms with Crippen LogP contribution in [0.25, 0.3) is 0 Å². The fourth-order valence-electron chi connectivity index (χ4n) is 1.50. The SMILES string of the molecule is CC(C)CC(=O)ON(C(=O)C(C)C)c1ccccc1. The molecule has 1 amide bonds. The van der Waals surface area contributed by atoms with Crippen LogP contribution in [0.4, 0.5) is 5.69 Å². The standard InChI is InChI=1S/C15H21NO3/c1-11(2)10-14(17)19-16(15(18)12(3)4)13-8-6-5-7-9-13/h5-9,11-12H,10H2,1-4H3. The van der Waals surface area contributed by atoms with Crippen molar-refractivity contribution in [3.8, 4) is 0 Å². The Morgan fingerprint density at radius 1 is 1.11 bits per heavy atom. The van der Waals surface area contributed by atoms with Crippen molar-refractivity contribution in [3.05, 3.63) is 30.3 Å². The van der Waals surface area contributed by atoms with Crippen molar-refractivity contribution in [1.82, 2.24) is 0 Å². The highest BCUT2D eigenvalue weighted by molar-refractivity contribution is 5.94. The first-order valence-corrected chi connectivity index (χ1v) is 6.51. The molecule has 0 radical (unpaired) electrons. The van der Waals surface area contributed by atoms with E-state index in [4.69, 9.17) is 4.84 Å². The zero-order valence-corrected chi connectivity index (χ0v) is 11.9. The summed E-state index contributed by atoms with van der Waals surface area (Å²) in [5, 5.41) is 1.09. The highest BCUT2D eigenvalue weighted by Gasteiger charge is 2.23. The molecule has 0 aliphatic rings. The van der Waals surface area contributed by atoms with E-state index in [2.05, 4.69) is 0 Å². The highest BCUT2D eigenvalue weighted by atomic mass is 16.7. The highest BCUT2D eigenvalue weighted by Crippen LogP contribution is 2.18. The van der Waals surface area contributed by atoms with E-state index >= 15 is 0 Å². The van der Waals surface area contributed by atoms with Gasteiger partial charge in [-0.15, -0.1) is 5.06 Å². The molecule has 0 bridgehead atoms. The first kappa shape index (κ1) is 15.2. The van der Waals surface area contributed by atoms with Gasteiger partial charge in [0.05, 0.1) is 12.1 Å². The number of carbonyl (C=O) groups is 2. The van der Waals surface area contributed by atoms with Crippen molar-refractivity contribution in [2.75, 3.05) is 5.06 Å². The largest absolute Gasteiger partial charge is 0.333 e. The van der Waals surface area contributed by atoms with Gasteiger partial charge in [-0.05, 0) is 18.1 Å². The minimum Gasteiger partial charge on any atom is -0.333 e. The van der Waals surface area contributed by atoms with Crippen molar-refractivity contribution >= 4 is 17.6 Å². The van der Waals surface area contributed by atoms with E-state index in [1.165, 1.54) is 0 Å². The summed E-state index contributed by atoms with van der Waals surface area (Å²) in [4.78, 5) is 29.1. The number of nitrogens with zero attached hydrogens (tertiary/aromatic N) is 1. The molecule has 0 aromatic heterocycles. The van der Waals surface area contributed by atoms with E-state index in [1.54, 1.807) is 38.1 Å². The molecule has 0 heterocycles. The molecule has 0 aliphatic heterocycles. The molecular formula is C15H21NO3. The van der Waals surface area contributed by atoms with E-state index in [0.29, 0.717) is 5.69 Å². The number of amides is 1. The van der Waals surface area contributed by atoms with Gasteiger partial charge in [0.2, 0.25) is 0 Å². The Labute approximate surface area is 114 Å². The lowest BCUT2D eigenvalue weighted by Gasteiger charge is -2.23. The molecule has 1 aromatic carbocycles. The van der Waals surface area contributed by atoms with Crippen LogP contribution in [-0.2, 0) is 14.4 Å². The number of benzene rings is 1. The Morgan fingerprint density at radius 2 is 1.68 bits per heavy atom. The Hall–Kier alpha value is -1.84. The number of hydrogen-bond donors (Lipinski definition) is 0. The number of anilines is 1. The molecule has 0 N–H and O–H groups in total. The minimum atomic E-state index is -0.396. The normalized spacial score (nSPS) is 10.6. The van der Waals surface area contributed by atoms with Crippen LogP contribution in [0.15, 0.2) is 30.3 Å². The van der Waals surface area contributed by atoms with Gasteiger partial charge in [0.25, 0.3) is 5.91 Å². The van der Waals surface area contributed by atoms with Crippen molar-refractivity contribution in [2.24, 2.45) is 11.8 Å². The fourth-order valence-corrected chi connectivity index (χ4v) is 1.50. The van der Waals surface area contributed by atoms with Gasteiger partial charge in [0.15, 0.2) is 0 Å². The summed E-state index contributed by atoms with van der Waals surface area (Å²) in [6.45, 7) is 7.40. The van der Waals surface area contributed by atoms with Crippen molar-refractivity contribution < 1.29 is 14.4 Å². The summed E-state index contributed by atoms with van der Waals surface area (Å²) in [6.07, 6.45) is 0.286. The molecular weight excluding hydrogens is 242 g/mol. The second-order valence-electron chi connectivity index (χ2n) is 5.18. The zero-order valence-electron chi connectivity index (χ0n) is 11.9. The summed E-state index contributed by atoms with van der Waals surface area (Å²) in [7, 11) is 0. The molecule has 4 nitrogen and oxygen atoms in total. The third-order valence-electron chi connectivity index (χ3n) is 2.45. The van der Waals surface area contributed by atoms with Gasteiger partial charge in [-0.25, -0.2) is 4.79 Å². The van der Waals surface area contributed by atoms with Gasteiger partial charge in [-0.3, -0.25) is 4.79 Å². The van der Waals surface area contributed by atoms with Crippen LogP contribution in [0.2, 0.25) is 0 Å². The van der Waals surface area contributed by atoms with Crippen LogP contribution in [0.1, 0.15) is 34.1 Å². The molecule has 0 fully saturated rings. The second-order valence-corrected chi connectivity index (χ2v) is 5.18. The average Bonchev–Trinajstić information content (AvgIpc) is 2.35. The quantitative estimate of drug-likeness (QED) is 0.784. The van der Waals surface area contributed by atoms with Gasteiger partial charge in [-0.2, -0.15) is 0 Å². The van der Waals surface area contributed by atoms with Crippen molar-refractivity contribution in [3.63, 3.8) is 0 Å². The minimum absolute atomic E-state index is 0.194. The van der Waals surface area contributed by atoms with Gasteiger partial charge in [0, 0.05) is 5.92 Å². The lowest BCUT2D eigenvalue weighted by molar-refractivity contribution is -0.152. The molecule has 19 heavy (non-hydrogen) atoms. The van der Waals surface area contributed by atoms with Crippen LogP contribution >= 0.6 is 0 Å². The van der Waals surface area contributed by atoms with Crippen LogP contribution < -0.4 is 5.06 Å². The number of rotatable bonds is 4. The first-order valence-electron chi connectivity index (χ1n) is 6.51. The molecule has 0 unspecified atom stereocenters. The summed E-state index contributed by atoms with van der Waals surface area (Å²) in [5.41, 5.74) is 0.568. The van der Waals surface area contributed by atoms with E-state index < -0.39 is 5.97 Å². The maximum Gasteiger partial charge on any atom is 0.333 e. The van der Waals surface area contributed by atoms with Gasteiger partial charge in [-0.1, -0.05) is 45.9 Å². The van der Waals surface area contributed by atoms with E-state index in [1.807, 2.05) is 19.9 Å². The Morgan fingerprint density at radius 3 is 2.16 bits per heavy atom. The van der Waals surface area contributed by atoms with E-state index in [9.17, 15) is 9.59 Å². The van der Waals surface area contributed by atoms with Gasteiger partial charge in [0.1, 0.15) is 0 Å². The molecule has 4 heteroatoms. The van der Waals surface area contributed by atoms with Crippen LogP contribution in [-0.4, -0.2) is 11.9 Å². The molecule has 1 aromatic rings. The second kappa shape index (κ2) is 6.92. The molecule has 0 spiro atoms. The zero-order chi connectivity index (χ0) is 14.4. The number of carbonyl (C=O) groups excluding carboxylic acids is 2. The third-order valence-corrected chi connectivity index (χ3v) is 2.45. The molecule has 0 saturated heterocycles. The van der Waals surface area contributed by atoms with Crippen molar-refractivity contribution in [2.45, 2.75) is 34.1 Å². The third kappa shape index (κ3) is 4.73. The lowest BCUT2D eigenvalue weighted by Crippen LogP contribution is -2.36. The fraction of sp³-hybridized carbons (Fsp3) is 0.467. The number of para-hydroxylation sites is 1. The predicted octanol–water partition coefficient (Wildman–Crippen LogP) is 3.18. The maximum atomic E-state index is 12.1. The topological polar surface area (TPSA) is 46.6 Å². The number of hydroxylamine groups is 1. The van der Waals surface area contributed by atoms with Crippen LogP contribution in [0.5, 0.6) is 0 Å². The Balaban J connectivity index is 2.88. The Kier molecular flexibility index (Phi) is 5.55. The first-order chi connectivity index (χ1) is 8.91. The average molecular weight is 263 g/mol. The summed E-state index contributed by atoms with van der Waals surface area (Å²) in [6, 6.07) is 8.92. The summed E-state index contributed by atoms with van der Waals surface area (Å²) >= 11 is 0. The van der Waals surface area contributed by atoms with Crippen LogP contribution in [0.3, 0.4) is 0 Å². The molecule has 0 aliphatic carbocycles. The Bertz CT molecular complexity index is 426. The monoisotopic (exact) mass is 263 g/mol. The predicted molar refractivity (Wildman–Crippen MR) is 74.3 cm³/mol. The van der Waals surface area contributed by atoms with Gasteiger partial charge < -0.3 is 4.84 Å². The molecule has 104 valence electrons. The molecule has 0 atom stereocenters. The number of hydrogen-bond acceptors (Lipinski definition) is 3. The smallest absolute Gasteiger partial charge is 0.333 e. The summed E-state index contributed by atoms with van der Waals surface area (Å²) < 4.78 is 0. The maximum absolute atomic E-state index is 12.1. The van der Waals surface area contributed by atoms with Crippen LogP contribution in [0, 0.1) is 11.8 Å². The molecule has 0 saturated carbocycles. The molecule has 1 rings (SSSR count). The van der Waals surface area contributed by atoms with Gasteiger partial charge >= 0.3 is 5.97 Å². The summed E-state index contributed by atoms with van der Waals surface area (Å²) in [5.74, 6) is -0.678. The van der Waals surface area contributed by atoms with E-state index in [0.717, 1.165) is 5.06 Å². The van der Waals surface area contributed by atoms with E-state index in [-0.39, 0.29) is 24.2 Å².